The van der Waals surface area contributed by atoms with Crippen LogP contribution in [0.1, 0.15) is 29.9 Å². The third-order valence-corrected chi connectivity index (χ3v) is 2.86. The van der Waals surface area contributed by atoms with Crippen molar-refractivity contribution in [2.75, 3.05) is 5.32 Å². The average Bonchev–Trinajstić information content (AvgIpc) is 2.46. The number of aromatic nitrogens is 1. The molecule has 4 nitrogen and oxygen atoms in total. The maximum Gasteiger partial charge on any atom is 0.274 e. The second kappa shape index (κ2) is 6.95. The van der Waals surface area contributed by atoms with Gasteiger partial charge in [-0.25, -0.2) is 9.37 Å². The number of rotatable bonds is 5. The minimum atomic E-state index is -0.465. The number of pyridine rings is 1. The lowest BCUT2D eigenvalue weighted by atomic mass is 10.2. The lowest BCUT2D eigenvalue weighted by Crippen LogP contribution is -2.22. The minimum absolute atomic E-state index is 0.183. The fraction of sp³-hybridized carbons (Fsp3) is 0.250. The van der Waals surface area contributed by atoms with Crippen LogP contribution in [0.2, 0.25) is 0 Å². The van der Waals surface area contributed by atoms with Gasteiger partial charge in [0.1, 0.15) is 11.5 Å². The minimum Gasteiger partial charge on any atom is -0.321 e. The molecular formula is C16H18FN3O. The summed E-state index contributed by atoms with van der Waals surface area (Å²) in [7, 11) is 0. The average molecular weight is 287 g/mol. The van der Waals surface area contributed by atoms with Crippen molar-refractivity contribution in [1.82, 2.24) is 10.3 Å². The van der Waals surface area contributed by atoms with Gasteiger partial charge in [0, 0.05) is 18.3 Å². The standard InChI is InChI=1S/C16H18FN3O/c1-11(2)18-9-12-4-3-5-14(8-12)20-16(21)15-7-6-13(17)10-19-15/h3-8,10-11,18H,9H2,1-2H3,(H,20,21). The highest BCUT2D eigenvalue weighted by molar-refractivity contribution is 6.02. The highest BCUT2D eigenvalue weighted by Gasteiger charge is 2.08. The molecule has 1 aromatic carbocycles. The van der Waals surface area contributed by atoms with Gasteiger partial charge in [-0.15, -0.1) is 0 Å². The van der Waals surface area contributed by atoms with Gasteiger partial charge in [0.15, 0.2) is 0 Å². The van der Waals surface area contributed by atoms with Crippen LogP contribution in [0.4, 0.5) is 10.1 Å². The number of nitrogens with one attached hydrogen (secondary N) is 2. The van der Waals surface area contributed by atoms with Gasteiger partial charge in [-0.05, 0) is 29.8 Å². The van der Waals surface area contributed by atoms with Crippen molar-refractivity contribution in [3.63, 3.8) is 0 Å². The molecule has 2 N–H and O–H groups in total. The summed E-state index contributed by atoms with van der Waals surface area (Å²) in [4.78, 5) is 15.7. The summed E-state index contributed by atoms with van der Waals surface area (Å²) in [6.45, 7) is 4.88. The van der Waals surface area contributed by atoms with E-state index < -0.39 is 5.82 Å². The number of benzene rings is 1. The summed E-state index contributed by atoms with van der Waals surface area (Å²) in [5.41, 5.74) is 1.95. The first-order valence-corrected chi connectivity index (χ1v) is 6.80. The van der Waals surface area contributed by atoms with Gasteiger partial charge in [0.05, 0.1) is 6.20 Å². The fourth-order valence-corrected chi connectivity index (χ4v) is 1.79. The van der Waals surface area contributed by atoms with Gasteiger partial charge < -0.3 is 10.6 Å². The van der Waals surface area contributed by atoms with Crippen LogP contribution in [0.3, 0.4) is 0 Å². The van der Waals surface area contributed by atoms with Crippen molar-refractivity contribution in [3.05, 3.63) is 59.7 Å². The first kappa shape index (κ1) is 15.1. The van der Waals surface area contributed by atoms with Crippen molar-refractivity contribution in [3.8, 4) is 0 Å². The molecule has 0 unspecified atom stereocenters. The van der Waals surface area contributed by atoms with E-state index in [4.69, 9.17) is 0 Å². The van der Waals surface area contributed by atoms with Crippen molar-refractivity contribution in [2.24, 2.45) is 0 Å². The number of amides is 1. The second-order valence-corrected chi connectivity index (χ2v) is 5.05. The zero-order chi connectivity index (χ0) is 15.2. The molecule has 110 valence electrons. The molecule has 0 fully saturated rings. The van der Waals surface area contributed by atoms with Crippen LogP contribution < -0.4 is 10.6 Å². The number of halogens is 1. The monoisotopic (exact) mass is 287 g/mol. The van der Waals surface area contributed by atoms with E-state index in [9.17, 15) is 9.18 Å². The molecule has 0 bridgehead atoms. The number of nitrogens with zero attached hydrogens (tertiary/aromatic N) is 1. The van der Waals surface area contributed by atoms with E-state index in [2.05, 4.69) is 29.5 Å². The lowest BCUT2D eigenvalue weighted by Gasteiger charge is -2.10. The third-order valence-electron chi connectivity index (χ3n) is 2.86. The van der Waals surface area contributed by atoms with Crippen molar-refractivity contribution in [2.45, 2.75) is 26.4 Å². The van der Waals surface area contributed by atoms with Crippen LogP contribution in [-0.2, 0) is 6.54 Å². The molecule has 0 saturated heterocycles. The molecule has 0 atom stereocenters. The van der Waals surface area contributed by atoms with Gasteiger partial charge >= 0.3 is 0 Å². The Kier molecular flexibility index (Phi) is 5.00. The molecule has 0 saturated carbocycles. The molecule has 21 heavy (non-hydrogen) atoms. The summed E-state index contributed by atoms with van der Waals surface area (Å²) in [5, 5.41) is 6.07. The Morgan fingerprint density at radius 2 is 2.10 bits per heavy atom. The molecule has 0 aliphatic carbocycles. The Labute approximate surface area is 123 Å². The van der Waals surface area contributed by atoms with E-state index in [-0.39, 0.29) is 11.6 Å². The summed E-state index contributed by atoms with van der Waals surface area (Å²) in [6.07, 6.45) is 1.03. The molecule has 0 aliphatic heterocycles. The largest absolute Gasteiger partial charge is 0.321 e. The summed E-state index contributed by atoms with van der Waals surface area (Å²) < 4.78 is 12.8. The van der Waals surface area contributed by atoms with Crippen LogP contribution in [0.5, 0.6) is 0 Å². The molecular weight excluding hydrogens is 269 g/mol. The van der Waals surface area contributed by atoms with Crippen LogP contribution in [-0.4, -0.2) is 16.9 Å². The Hall–Kier alpha value is -2.27. The van der Waals surface area contributed by atoms with Crippen molar-refractivity contribution < 1.29 is 9.18 Å². The predicted octanol–water partition coefficient (Wildman–Crippen LogP) is 2.97. The molecule has 0 aliphatic rings. The van der Waals surface area contributed by atoms with E-state index in [1.165, 1.54) is 12.1 Å². The lowest BCUT2D eigenvalue weighted by molar-refractivity contribution is 0.102. The second-order valence-electron chi connectivity index (χ2n) is 5.05. The summed E-state index contributed by atoms with van der Waals surface area (Å²) in [6, 6.07) is 10.5. The van der Waals surface area contributed by atoms with E-state index in [0.29, 0.717) is 11.7 Å². The van der Waals surface area contributed by atoms with E-state index in [1.54, 1.807) is 6.07 Å². The third kappa shape index (κ3) is 4.65. The van der Waals surface area contributed by atoms with E-state index in [0.717, 1.165) is 18.3 Å². The van der Waals surface area contributed by atoms with Crippen molar-refractivity contribution in [1.29, 1.82) is 0 Å². The van der Waals surface area contributed by atoms with Crippen LogP contribution >= 0.6 is 0 Å². The number of carbonyl (C=O) groups is 1. The zero-order valence-corrected chi connectivity index (χ0v) is 12.1. The summed E-state index contributed by atoms with van der Waals surface area (Å²) in [5.74, 6) is -0.822. The zero-order valence-electron chi connectivity index (χ0n) is 12.1. The quantitative estimate of drug-likeness (QED) is 0.889. The van der Waals surface area contributed by atoms with E-state index in [1.807, 2.05) is 18.2 Å². The van der Waals surface area contributed by atoms with E-state index >= 15 is 0 Å². The predicted molar refractivity (Wildman–Crippen MR) is 80.6 cm³/mol. The SMILES string of the molecule is CC(C)NCc1cccc(NC(=O)c2ccc(F)cn2)c1. The topological polar surface area (TPSA) is 54.0 Å². The summed E-state index contributed by atoms with van der Waals surface area (Å²) >= 11 is 0. The Bertz CT molecular complexity index is 611. The Balaban J connectivity index is 2.03. The number of carbonyl (C=O) groups excluding carboxylic acids is 1. The molecule has 1 heterocycles. The molecule has 1 aromatic heterocycles. The Morgan fingerprint density at radius 3 is 2.76 bits per heavy atom. The normalized spacial score (nSPS) is 10.7. The maximum absolute atomic E-state index is 12.8. The van der Waals surface area contributed by atoms with Crippen LogP contribution in [0, 0.1) is 5.82 Å². The molecule has 0 radical (unpaired) electrons. The fourth-order valence-electron chi connectivity index (χ4n) is 1.79. The van der Waals surface area contributed by atoms with Crippen LogP contribution in [0.25, 0.3) is 0 Å². The maximum atomic E-state index is 12.8. The number of hydrogen-bond acceptors (Lipinski definition) is 3. The highest BCUT2D eigenvalue weighted by Crippen LogP contribution is 2.12. The number of anilines is 1. The van der Waals surface area contributed by atoms with Crippen molar-refractivity contribution >= 4 is 11.6 Å². The van der Waals surface area contributed by atoms with Gasteiger partial charge in [0.2, 0.25) is 0 Å². The first-order valence-electron chi connectivity index (χ1n) is 6.80. The number of hydrogen-bond donors (Lipinski definition) is 2. The van der Waals surface area contributed by atoms with Gasteiger partial charge in [0.25, 0.3) is 5.91 Å². The molecule has 5 heteroatoms. The smallest absolute Gasteiger partial charge is 0.274 e. The molecule has 1 amide bonds. The molecule has 2 aromatic rings. The van der Waals surface area contributed by atoms with Gasteiger partial charge in [-0.1, -0.05) is 26.0 Å². The van der Waals surface area contributed by atoms with Crippen LogP contribution in [0.15, 0.2) is 42.6 Å². The van der Waals surface area contributed by atoms with Gasteiger partial charge in [-0.3, -0.25) is 4.79 Å². The molecule has 2 rings (SSSR count). The highest BCUT2D eigenvalue weighted by atomic mass is 19.1. The molecule has 0 spiro atoms. The van der Waals surface area contributed by atoms with Gasteiger partial charge in [-0.2, -0.15) is 0 Å². The Morgan fingerprint density at radius 1 is 1.29 bits per heavy atom. The first-order chi connectivity index (χ1) is 10.0.